The Morgan fingerprint density at radius 1 is 1.14 bits per heavy atom. The normalized spacial score (nSPS) is 12.5. The summed E-state index contributed by atoms with van der Waals surface area (Å²) in [5.41, 5.74) is 0.367. The second kappa shape index (κ2) is 7.51. The van der Waals surface area contributed by atoms with E-state index < -0.39 is 9.84 Å². The fourth-order valence-corrected chi connectivity index (χ4v) is 3.00. The van der Waals surface area contributed by atoms with Crippen LogP contribution in [-0.2, 0) is 9.84 Å². The molecular formula is C18H25NO2S. The molecule has 0 aliphatic rings. The molecule has 0 atom stereocenters. The molecular weight excluding hydrogens is 294 g/mol. The van der Waals surface area contributed by atoms with Gasteiger partial charge >= 0.3 is 0 Å². The van der Waals surface area contributed by atoms with E-state index >= 15 is 0 Å². The molecule has 0 spiro atoms. The van der Waals surface area contributed by atoms with Crippen LogP contribution in [0, 0.1) is 17.3 Å². The Bertz CT molecular complexity index is 667. The molecule has 0 amide bonds. The van der Waals surface area contributed by atoms with Gasteiger partial charge in [-0.25, -0.2) is 8.42 Å². The summed E-state index contributed by atoms with van der Waals surface area (Å²) in [6.07, 6.45) is 0. The van der Waals surface area contributed by atoms with E-state index in [1.807, 2.05) is 39.5 Å². The Morgan fingerprint density at radius 2 is 1.68 bits per heavy atom. The molecule has 0 unspecified atom stereocenters. The molecule has 0 saturated heterocycles. The molecule has 0 N–H and O–H groups in total. The maximum atomic E-state index is 12.5. The van der Waals surface area contributed by atoms with E-state index in [4.69, 9.17) is 0 Å². The van der Waals surface area contributed by atoms with Crippen molar-refractivity contribution in [3.8, 4) is 11.8 Å². The molecule has 1 rings (SSSR count). The highest BCUT2D eigenvalue weighted by Crippen LogP contribution is 2.16. The fourth-order valence-electron chi connectivity index (χ4n) is 1.82. The van der Waals surface area contributed by atoms with Crippen molar-refractivity contribution >= 4 is 9.84 Å². The molecule has 120 valence electrons. The average molecular weight is 319 g/mol. The molecule has 0 aliphatic carbocycles. The second-order valence-electron chi connectivity index (χ2n) is 6.03. The first-order valence-electron chi connectivity index (χ1n) is 7.49. The van der Waals surface area contributed by atoms with Crippen LogP contribution in [0.5, 0.6) is 0 Å². The Kier molecular flexibility index (Phi) is 6.25. The lowest BCUT2D eigenvalue weighted by molar-refractivity contribution is 0.398. The molecule has 0 fully saturated rings. The lowest BCUT2D eigenvalue weighted by Crippen LogP contribution is -2.22. The van der Waals surface area contributed by atoms with Gasteiger partial charge in [0.25, 0.3) is 0 Å². The minimum atomic E-state index is -3.50. The summed E-state index contributed by atoms with van der Waals surface area (Å²) in [6, 6.07) is 8.44. The third kappa shape index (κ3) is 5.57. The van der Waals surface area contributed by atoms with Crippen molar-refractivity contribution in [2.75, 3.05) is 13.1 Å². The van der Waals surface area contributed by atoms with E-state index in [2.05, 4.69) is 11.8 Å². The number of allylic oxidation sites excluding steroid dienone is 1. The first kappa shape index (κ1) is 18.3. The van der Waals surface area contributed by atoms with Gasteiger partial charge in [-0.1, -0.05) is 24.1 Å². The molecule has 0 bridgehead atoms. The first-order valence-corrected chi connectivity index (χ1v) is 9.04. The van der Waals surface area contributed by atoms with Crippen LogP contribution in [0.15, 0.2) is 46.3 Å². The lowest BCUT2D eigenvalue weighted by Gasteiger charge is -2.21. The van der Waals surface area contributed by atoms with Gasteiger partial charge in [-0.15, -0.1) is 0 Å². The topological polar surface area (TPSA) is 37.4 Å². The number of hydrogen-bond acceptors (Lipinski definition) is 3. The number of hydrogen-bond donors (Lipinski definition) is 0. The van der Waals surface area contributed by atoms with Crippen LogP contribution in [-0.4, -0.2) is 26.4 Å². The number of benzene rings is 1. The van der Waals surface area contributed by atoms with Gasteiger partial charge in [0.05, 0.1) is 16.0 Å². The number of rotatable bonds is 5. The van der Waals surface area contributed by atoms with Gasteiger partial charge < -0.3 is 4.90 Å². The summed E-state index contributed by atoms with van der Waals surface area (Å²) in [4.78, 5) is 2.25. The van der Waals surface area contributed by atoms with E-state index in [9.17, 15) is 8.42 Å². The zero-order chi connectivity index (χ0) is 16.8. The van der Waals surface area contributed by atoms with Crippen molar-refractivity contribution in [2.45, 2.75) is 39.5 Å². The summed E-state index contributed by atoms with van der Waals surface area (Å²) >= 11 is 0. The molecule has 0 radical (unpaired) electrons. The Morgan fingerprint density at radius 3 is 2.14 bits per heavy atom. The van der Waals surface area contributed by atoms with Gasteiger partial charge in [0.1, 0.15) is 0 Å². The van der Waals surface area contributed by atoms with Crippen LogP contribution < -0.4 is 0 Å². The Balaban J connectivity index is 3.34. The van der Waals surface area contributed by atoms with Gasteiger partial charge in [0.15, 0.2) is 0 Å². The highest BCUT2D eigenvalue weighted by atomic mass is 32.2. The summed E-state index contributed by atoms with van der Waals surface area (Å²) in [7, 11) is -3.50. The minimum Gasteiger partial charge on any atom is -0.365 e. The molecule has 1 aromatic carbocycles. The monoisotopic (exact) mass is 319 g/mol. The maximum Gasteiger partial charge on any atom is 0.202 e. The lowest BCUT2D eigenvalue weighted by atomic mass is 9.98. The van der Waals surface area contributed by atoms with Crippen molar-refractivity contribution in [1.29, 1.82) is 0 Å². The largest absolute Gasteiger partial charge is 0.365 e. The molecule has 0 heterocycles. The van der Waals surface area contributed by atoms with Crippen LogP contribution >= 0.6 is 0 Å². The van der Waals surface area contributed by atoms with Crippen molar-refractivity contribution in [2.24, 2.45) is 5.41 Å². The van der Waals surface area contributed by atoms with Crippen molar-refractivity contribution in [3.63, 3.8) is 0 Å². The van der Waals surface area contributed by atoms with Crippen LogP contribution in [0.1, 0.15) is 34.6 Å². The second-order valence-corrected chi connectivity index (χ2v) is 7.83. The molecule has 3 nitrogen and oxygen atoms in total. The Hall–Kier alpha value is -1.73. The van der Waals surface area contributed by atoms with E-state index in [1.165, 1.54) is 5.41 Å². The first-order chi connectivity index (χ1) is 10.2. The molecule has 0 aromatic heterocycles. The van der Waals surface area contributed by atoms with Crippen LogP contribution in [0.2, 0.25) is 0 Å². The summed E-state index contributed by atoms with van der Waals surface area (Å²) < 4.78 is 25.1. The van der Waals surface area contributed by atoms with Crippen molar-refractivity contribution < 1.29 is 8.42 Å². The SMILES string of the molecule is CCN(CC)/C(C#CC(C)(C)C)=C/S(=O)(=O)c1ccccc1. The standard InChI is InChI=1S/C18H25NO2S/c1-6-19(7-2)16(13-14-18(3,4)5)15-22(20,21)17-11-9-8-10-12-17/h8-12,15H,6-7H2,1-5H3/b16-15+. The molecule has 22 heavy (non-hydrogen) atoms. The van der Waals surface area contributed by atoms with Crippen molar-refractivity contribution in [3.05, 3.63) is 41.4 Å². The third-order valence-electron chi connectivity index (χ3n) is 3.01. The summed E-state index contributed by atoms with van der Waals surface area (Å²) in [6.45, 7) is 11.4. The summed E-state index contributed by atoms with van der Waals surface area (Å²) in [5.74, 6) is 6.17. The highest BCUT2D eigenvalue weighted by molar-refractivity contribution is 7.94. The average Bonchev–Trinajstić information content (AvgIpc) is 2.45. The van der Waals surface area contributed by atoms with Crippen LogP contribution in [0.25, 0.3) is 0 Å². The molecule has 4 heteroatoms. The van der Waals surface area contributed by atoms with Gasteiger partial charge in [-0.05, 0) is 52.7 Å². The van der Waals surface area contributed by atoms with Crippen LogP contribution in [0.3, 0.4) is 0 Å². The van der Waals surface area contributed by atoms with Gasteiger partial charge in [0, 0.05) is 18.5 Å². The maximum absolute atomic E-state index is 12.5. The summed E-state index contributed by atoms with van der Waals surface area (Å²) in [5, 5.41) is 1.29. The van der Waals surface area contributed by atoms with Gasteiger partial charge in [0.2, 0.25) is 9.84 Å². The predicted molar refractivity (Wildman–Crippen MR) is 91.9 cm³/mol. The van der Waals surface area contributed by atoms with Gasteiger partial charge in [-0.3, -0.25) is 0 Å². The molecule has 0 aliphatic heterocycles. The Labute approximate surface area is 135 Å². The van der Waals surface area contributed by atoms with E-state index in [0.29, 0.717) is 18.8 Å². The number of sulfone groups is 1. The quantitative estimate of drug-likeness (QED) is 0.777. The van der Waals surface area contributed by atoms with Crippen LogP contribution in [0.4, 0.5) is 0 Å². The smallest absolute Gasteiger partial charge is 0.202 e. The van der Waals surface area contributed by atoms with Gasteiger partial charge in [-0.2, -0.15) is 0 Å². The highest BCUT2D eigenvalue weighted by Gasteiger charge is 2.15. The zero-order valence-electron chi connectivity index (χ0n) is 14.1. The van der Waals surface area contributed by atoms with E-state index in [0.717, 1.165) is 0 Å². The predicted octanol–water partition coefficient (Wildman–Crippen LogP) is 3.69. The van der Waals surface area contributed by atoms with Crippen molar-refractivity contribution in [1.82, 2.24) is 4.90 Å². The molecule has 0 saturated carbocycles. The minimum absolute atomic E-state index is 0.178. The fraction of sp³-hybridized carbons (Fsp3) is 0.444. The zero-order valence-corrected chi connectivity index (χ0v) is 14.9. The third-order valence-corrected chi connectivity index (χ3v) is 4.47. The number of nitrogens with zero attached hydrogens (tertiary/aromatic N) is 1. The van der Waals surface area contributed by atoms with E-state index in [-0.39, 0.29) is 10.3 Å². The van der Waals surface area contributed by atoms with E-state index in [1.54, 1.807) is 30.3 Å². The molecule has 1 aromatic rings.